The van der Waals surface area contributed by atoms with Gasteiger partial charge in [0.25, 0.3) is 5.91 Å². The molecule has 0 atom stereocenters. The third-order valence-electron chi connectivity index (χ3n) is 5.90. The first kappa shape index (κ1) is 20.2. The van der Waals surface area contributed by atoms with Gasteiger partial charge in [-0.25, -0.2) is 4.79 Å². The summed E-state index contributed by atoms with van der Waals surface area (Å²) in [6.07, 6.45) is 4.22. The molecule has 0 spiro atoms. The van der Waals surface area contributed by atoms with E-state index in [1.807, 2.05) is 23.1 Å². The molecule has 0 aromatic heterocycles. The lowest BCUT2D eigenvalue weighted by Crippen LogP contribution is -2.38. The van der Waals surface area contributed by atoms with E-state index in [9.17, 15) is 14.4 Å². The zero-order valence-electron chi connectivity index (χ0n) is 17.0. The number of fused-ring (bicyclic) bond motifs is 1. The molecule has 2 fully saturated rings. The second kappa shape index (κ2) is 8.73. The summed E-state index contributed by atoms with van der Waals surface area (Å²) < 4.78 is 5.58. The summed E-state index contributed by atoms with van der Waals surface area (Å²) in [6, 6.07) is 10.7. The highest BCUT2D eigenvalue weighted by molar-refractivity contribution is 6.09. The Morgan fingerprint density at radius 1 is 0.967 bits per heavy atom. The molecule has 158 valence electrons. The van der Waals surface area contributed by atoms with Crippen molar-refractivity contribution in [3.63, 3.8) is 0 Å². The van der Waals surface area contributed by atoms with Crippen molar-refractivity contribution >= 4 is 28.7 Å². The van der Waals surface area contributed by atoms with Gasteiger partial charge in [-0.3, -0.25) is 9.59 Å². The molecule has 2 aliphatic rings. The van der Waals surface area contributed by atoms with E-state index in [1.54, 1.807) is 23.1 Å². The lowest BCUT2D eigenvalue weighted by Gasteiger charge is -2.22. The SMILES string of the molecule is NC(=O)c1c(OC(=O)N2CCCN(C(=O)CCC3CC3)CC2)ccc2ccccc12. The first-order chi connectivity index (χ1) is 14.5. The zero-order chi connectivity index (χ0) is 21.1. The van der Waals surface area contributed by atoms with Gasteiger partial charge in [0.15, 0.2) is 0 Å². The van der Waals surface area contributed by atoms with Crippen LogP contribution in [0.5, 0.6) is 5.75 Å². The number of hydrogen-bond acceptors (Lipinski definition) is 4. The molecular formula is C23H27N3O4. The Morgan fingerprint density at radius 3 is 2.47 bits per heavy atom. The minimum Gasteiger partial charge on any atom is -0.409 e. The van der Waals surface area contributed by atoms with Crippen LogP contribution < -0.4 is 10.5 Å². The van der Waals surface area contributed by atoms with Gasteiger partial charge in [0.2, 0.25) is 5.91 Å². The number of nitrogens with zero attached hydrogens (tertiary/aromatic N) is 2. The van der Waals surface area contributed by atoms with Crippen molar-refractivity contribution in [1.29, 1.82) is 0 Å². The van der Waals surface area contributed by atoms with E-state index in [4.69, 9.17) is 10.5 Å². The van der Waals surface area contributed by atoms with Crippen molar-refractivity contribution in [1.82, 2.24) is 9.80 Å². The first-order valence-electron chi connectivity index (χ1n) is 10.6. The van der Waals surface area contributed by atoms with Gasteiger partial charge in [0.05, 0.1) is 5.56 Å². The van der Waals surface area contributed by atoms with Crippen LogP contribution in [0.1, 0.15) is 42.5 Å². The van der Waals surface area contributed by atoms with Crippen LogP contribution in [0, 0.1) is 5.92 Å². The molecule has 2 aromatic carbocycles. The van der Waals surface area contributed by atoms with Gasteiger partial charge in [-0.05, 0) is 35.6 Å². The lowest BCUT2D eigenvalue weighted by atomic mass is 10.0. The maximum Gasteiger partial charge on any atom is 0.415 e. The smallest absolute Gasteiger partial charge is 0.409 e. The molecule has 3 amide bonds. The molecule has 0 unspecified atom stereocenters. The van der Waals surface area contributed by atoms with Crippen LogP contribution in [0.2, 0.25) is 0 Å². The van der Waals surface area contributed by atoms with Crippen LogP contribution in [-0.4, -0.2) is 53.9 Å². The predicted octanol–water partition coefficient (Wildman–Crippen LogP) is 3.16. The molecule has 7 nitrogen and oxygen atoms in total. The van der Waals surface area contributed by atoms with Crippen LogP contribution in [-0.2, 0) is 4.79 Å². The molecule has 0 bridgehead atoms. The topological polar surface area (TPSA) is 92.9 Å². The molecular weight excluding hydrogens is 382 g/mol. The first-order valence-corrected chi connectivity index (χ1v) is 10.6. The Labute approximate surface area is 175 Å². The fourth-order valence-electron chi connectivity index (χ4n) is 3.99. The van der Waals surface area contributed by atoms with Gasteiger partial charge in [-0.2, -0.15) is 0 Å². The van der Waals surface area contributed by atoms with Crippen molar-refractivity contribution in [2.45, 2.75) is 32.1 Å². The average Bonchev–Trinajstić information content (AvgIpc) is 3.58. The highest BCUT2D eigenvalue weighted by Crippen LogP contribution is 2.33. The molecule has 7 heteroatoms. The minimum atomic E-state index is -0.641. The molecule has 1 aliphatic carbocycles. The number of amides is 3. The number of rotatable bonds is 5. The van der Waals surface area contributed by atoms with E-state index in [0.29, 0.717) is 44.4 Å². The third-order valence-corrected chi connectivity index (χ3v) is 5.90. The lowest BCUT2D eigenvalue weighted by molar-refractivity contribution is -0.131. The number of carbonyl (C=O) groups is 3. The standard InChI is InChI=1S/C23H27N3O4/c24-22(28)21-18-5-2-1-4-17(18)9-10-19(21)30-23(29)26-13-3-12-25(14-15-26)20(27)11-8-16-6-7-16/h1-2,4-5,9-10,16H,3,6-8,11-15H2,(H2,24,28). The number of primary amides is 1. The summed E-state index contributed by atoms with van der Waals surface area (Å²) in [7, 11) is 0. The predicted molar refractivity (Wildman–Crippen MR) is 113 cm³/mol. The Bertz CT molecular complexity index is 970. The van der Waals surface area contributed by atoms with E-state index in [-0.39, 0.29) is 17.2 Å². The van der Waals surface area contributed by atoms with Gasteiger partial charge in [0.1, 0.15) is 5.75 Å². The highest BCUT2D eigenvalue weighted by Gasteiger charge is 2.27. The number of carbonyl (C=O) groups excluding carboxylic acids is 3. The normalized spacial score (nSPS) is 16.9. The van der Waals surface area contributed by atoms with E-state index in [0.717, 1.165) is 17.7 Å². The van der Waals surface area contributed by atoms with Gasteiger partial charge < -0.3 is 20.3 Å². The second-order valence-electron chi connectivity index (χ2n) is 8.10. The van der Waals surface area contributed by atoms with Crippen molar-refractivity contribution < 1.29 is 19.1 Å². The molecule has 2 N–H and O–H groups in total. The Morgan fingerprint density at radius 2 is 1.70 bits per heavy atom. The molecule has 0 radical (unpaired) electrons. The molecule has 30 heavy (non-hydrogen) atoms. The maximum atomic E-state index is 12.8. The van der Waals surface area contributed by atoms with Gasteiger partial charge in [-0.15, -0.1) is 0 Å². The van der Waals surface area contributed by atoms with Gasteiger partial charge in [0, 0.05) is 32.6 Å². The van der Waals surface area contributed by atoms with Gasteiger partial charge in [-0.1, -0.05) is 43.2 Å². The molecule has 1 heterocycles. The monoisotopic (exact) mass is 409 g/mol. The van der Waals surface area contributed by atoms with Gasteiger partial charge >= 0.3 is 6.09 Å². The van der Waals surface area contributed by atoms with Crippen LogP contribution >= 0.6 is 0 Å². The summed E-state index contributed by atoms with van der Waals surface area (Å²) >= 11 is 0. The van der Waals surface area contributed by atoms with Crippen molar-refractivity contribution in [2.75, 3.05) is 26.2 Å². The summed E-state index contributed by atoms with van der Waals surface area (Å²) in [6.45, 7) is 2.06. The van der Waals surface area contributed by atoms with Crippen molar-refractivity contribution in [2.24, 2.45) is 11.7 Å². The maximum absolute atomic E-state index is 12.8. The second-order valence-corrected chi connectivity index (χ2v) is 8.10. The molecule has 1 aliphatic heterocycles. The summed E-state index contributed by atoms with van der Waals surface area (Å²) in [5.74, 6) is 0.419. The highest BCUT2D eigenvalue weighted by atomic mass is 16.6. The van der Waals surface area contributed by atoms with Crippen LogP contribution in [0.4, 0.5) is 4.79 Å². The number of ether oxygens (including phenoxy) is 1. The minimum absolute atomic E-state index is 0.160. The average molecular weight is 409 g/mol. The zero-order valence-corrected chi connectivity index (χ0v) is 17.0. The number of benzene rings is 2. The molecule has 4 rings (SSSR count). The Kier molecular flexibility index (Phi) is 5.88. The number of nitrogens with two attached hydrogens (primary N) is 1. The summed E-state index contributed by atoms with van der Waals surface area (Å²) in [5.41, 5.74) is 5.78. The van der Waals surface area contributed by atoms with Crippen LogP contribution in [0.25, 0.3) is 10.8 Å². The van der Waals surface area contributed by atoms with E-state index >= 15 is 0 Å². The van der Waals surface area contributed by atoms with Crippen LogP contribution in [0.3, 0.4) is 0 Å². The fourth-order valence-corrected chi connectivity index (χ4v) is 3.99. The summed E-state index contributed by atoms with van der Waals surface area (Å²) in [4.78, 5) is 40.7. The molecule has 1 saturated carbocycles. The van der Waals surface area contributed by atoms with Crippen molar-refractivity contribution in [3.8, 4) is 5.75 Å². The molecule has 2 aromatic rings. The van der Waals surface area contributed by atoms with E-state index < -0.39 is 12.0 Å². The van der Waals surface area contributed by atoms with Crippen molar-refractivity contribution in [3.05, 3.63) is 42.0 Å². The largest absolute Gasteiger partial charge is 0.415 e. The quantitative estimate of drug-likeness (QED) is 0.821. The molecule has 1 saturated heterocycles. The number of hydrogen-bond donors (Lipinski definition) is 1. The van der Waals surface area contributed by atoms with E-state index in [1.165, 1.54) is 12.8 Å². The van der Waals surface area contributed by atoms with Crippen LogP contribution in [0.15, 0.2) is 36.4 Å². The third kappa shape index (κ3) is 4.56. The Hall–Kier alpha value is -3.09. The fraction of sp³-hybridized carbons (Fsp3) is 0.435. The Balaban J connectivity index is 1.42. The van der Waals surface area contributed by atoms with E-state index in [2.05, 4.69) is 0 Å². The summed E-state index contributed by atoms with van der Waals surface area (Å²) in [5, 5.41) is 1.50.